The van der Waals surface area contributed by atoms with Gasteiger partial charge in [0.15, 0.2) is 0 Å². The molecule has 1 fully saturated rings. The van der Waals surface area contributed by atoms with Crippen LogP contribution in [0, 0.1) is 5.92 Å². The highest BCUT2D eigenvalue weighted by Crippen LogP contribution is 2.27. The number of hydrogen-bond donors (Lipinski definition) is 1. The van der Waals surface area contributed by atoms with E-state index in [1.807, 2.05) is 42.5 Å². The topological polar surface area (TPSA) is 45.2 Å². The van der Waals surface area contributed by atoms with Crippen LogP contribution in [0.15, 0.2) is 60.1 Å². The van der Waals surface area contributed by atoms with Gasteiger partial charge in [0.1, 0.15) is 4.88 Å². The number of nitrogens with zero attached hydrogens (tertiary/aromatic N) is 2. The van der Waals surface area contributed by atoms with Gasteiger partial charge in [0.25, 0.3) is 5.91 Å². The molecule has 1 aliphatic rings. The molecule has 0 saturated carbocycles. The number of carbonyl (C=O) groups is 1. The van der Waals surface area contributed by atoms with E-state index in [9.17, 15) is 4.79 Å². The van der Waals surface area contributed by atoms with Crippen molar-refractivity contribution < 1.29 is 4.79 Å². The van der Waals surface area contributed by atoms with Crippen LogP contribution < -0.4 is 10.2 Å². The highest BCUT2D eigenvalue weighted by Gasteiger charge is 2.18. The van der Waals surface area contributed by atoms with Crippen molar-refractivity contribution in [2.45, 2.75) is 19.8 Å². The molecule has 0 bridgehead atoms. The highest BCUT2D eigenvalue weighted by atomic mass is 32.1. The number of benzene rings is 2. The molecular weight excluding hydrogens is 354 g/mol. The van der Waals surface area contributed by atoms with Crippen LogP contribution in [0.2, 0.25) is 0 Å². The molecule has 27 heavy (non-hydrogen) atoms. The minimum atomic E-state index is -0.115. The lowest BCUT2D eigenvalue weighted by Gasteiger charge is -2.32. The van der Waals surface area contributed by atoms with Crippen molar-refractivity contribution in [2.75, 3.05) is 23.3 Å². The zero-order valence-corrected chi connectivity index (χ0v) is 16.2. The lowest BCUT2D eigenvalue weighted by Crippen LogP contribution is -2.32. The molecule has 1 N–H and O–H groups in total. The van der Waals surface area contributed by atoms with Gasteiger partial charge in [-0.05, 0) is 43.0 Å². The third-order valence-corrected chi connectivity index (χ3v) is 5.92. The van der Waals surface area contributed by atoms with Crippen LogP contribution in [0.3, 0.4) is 0 Å². The number of rotatable bonds is 4. The van der Waals surface area contributed by atoms with Crippen LogP contribution in [0.25, 0.3) is 11.3 Å². The normalized spacial score (nSPS) is 14.9. The van der Waals surface area contributed by atoms with Gasteiger partial charge in [0, 0.05) is 30.0 Å². The Morgan fingerprint density at radius 2 is 1.78 bits per heavy atom. The van der Waals surface area contributed by atoms with E-state index in [-0.39, 0.29) is 5.91 Å². The molecule has 2 heterocycles. The number of nitrogens with one attached hydrogen (secondary N) is 1. The lowest BCUT2D eigenvalue weighted by molar-refractivity contribution is 0.103. The van der Waals surface area contributed by atoms with Gasteiger partial charge in [0.2, 0.25) is 0 Å². The number of aromatic nitrogens is 1. The van der Waals surface area contributed by atoms with Crippen LogP contribution in [0.4, 0.5) is 11.4 Å². The molecule has 4 rings (SSSR count). The minimum absolute atomic E-state index is 0.115. The monoisotopic (exact) mass is 377 g/mol. The standard InChI is InChI=1S/C22H23N3OS/c1-16-11-13-25(14-12-16)19-9-7-18(8-10-19)24-22(26)21-20(23-15-27-21)17-5-3-2-4-6-17/h2-10,15-16H,11-14H2,1H3,(H,24,26). The summed E-state index contributed by atoms with van der Waals surface area (Å²) in [5.74, 6) is 0.703. The second-order valence-electron chi connectivity index (χ2n) is 7.07. The van der Waals surface area contributed by atoms with Crippen molar-refractivity contribution in [2.24, 2.45) is 5.92 Å². The molecule has 0 spiro atoms. The molecule has 0 unspecified atom stereocenters. The van der Waals surface area contributed by atoms with Crippen LogP contribution in [0.1, 0.15) is 29.4 Å². The van der Waals surface area contributed by atoms with Crippen LogP contribution >= 0.6 is 11.3 Å². The summed E-state index contributed by atoms with van der Waals surface area (Å²) in [4.78, 5) is 20.2. The Morgan fingerprint density at radius 3 is 2.48 bits per heavy atom. The Hall–Kier alpha value is -2.66. The fraction of sp³-hybridized carbons (Fsp3) is 0.273. The highest BCUT2D eigenvalue weighted by molar-refractivity contribution is 7.12. The second-order valence-corrected chi connectivity index (χ2v) is 7.92. The van der Waals surface area contributed by atoms with E-state index in [0.717, 1.165) is 36.0 Å². The number of piperidine rings is 1. The third-order valence-electron chi connectivity index (χ3n) is 5.09. The summed E-state index contributed by atoms with van der Waals surface area (Å²) in [6, 6.07) is 18.0. The summed E-state index contributed by atoms with van der Waals surface area (Å²) in [5, 5.41) is 3.00. The molecular formula is C22H23N3OS. The predicted octanol–water partition coefficient (Wildman–Crippen LogP) is 5.30. The van der Waals surface area contributed by atoms with Crippen molar-refractivity contribution >= 4 is 28.6 Å². The molecule has 0 aliphatic carbocycles. The molecule has 4 nitrogen and oxygen atoms in total. The van der Waals surface area contributed by atoms with Gasteiger partial charge < -0.3 is 10.2 Å². The van der Waals surface area contributed by atoms with E-state index < -0.39 is 0 Å². The van der Waals surface area contributed by atoms with Crippen LogP contribution in [-0.2, 0) is 0 Å². The Balaban J connectivity index is 1.46. The van der Waals surface area contributed by atoms with Gasteiger partial charge in [-0.15, -0.1) is 11.3 Å². The summed E-state index contributed by atoms with van der Waals surface area (Å²) >= 11 is 1.37. The number of amides is 1. The maximum absolute atomic E-state index is 12.7. The van der Waals surface area contributed by atoms with Crippen molar-refractivity contribution in [3.8, 4) is 11.3 Å². The molecule has 1 amide bonds. The first-order chi connectivity index (χ1) is 13.2. The van der Waals surface area contributed by atoms with Gasteiger partial charge in [-0.3, -0.25) is 4.79 Å². The molecule has 1 saturated heterocycles. The quantitative estimate of drug-likeness (QED) is 0.671. The molecule has 2 aromatic carbocycles. The number of hydrogen-bond acceptors (Lipinski definition) is 4. The van der Waals surface area contributed by atoms with Gasteiger partial charge in [-0.1, -0.05) is 37.3 Å². The van der Waals surface area contributed by atoms with E-state index >= 15 is 0 Å². The Labute approximate surface area is 163 Å². The fourth-order valence-electron chi connectivity index (χ4n) is 3.42. The summed E-state index contributed by atoms with van der Waals surface area (Å²) in [7, 11) is 0. The SMILES string of the molecule is CC1CCN(c2ccc(NC(=O)c3scnc3-c3ccccc3)cc2)CC1. The fourth-order valence-corrected chi connectivity index (χ4v) is 4.12. The van der Waals surface area contributed by atoms with Crippen molar-refractivity contribution in [1.82, 2.24) is 4.98 Å². The minimum Gasteiger partial charge on any atom is -0.372 e. The first-order valence-corrected chi connectivity index (χ1v) is 10.2. The molecule has 1 aromatic heterocycles. The smallest absolute Gasteiger partial charge is 0.268 e. The molecule has 138 valence electrons. The average molecular weight is 378 g/mol. The van der Waals surface area contributed by atoms with Crippen molar-refractivity contribution in [1.29, 1.82) is 0 Å². The van der Waals surface area contributed by atoms with E-state index in [0.29, 0.717) is 4.88 Å². The predicted molar refractivity (Wildman–Crippen MR) is 113 cm³/mol. The Kier molecular flexibility index (Phi) is 5.21. The maximum Gasteiger partial charge on any atom is 0.268 e. The van der Waals surface area contributed by atoms with Crippen LogP contribution in [0.5, 0.6) is 0 Å². The van der Waals surface area contributed by atoms with Crippen molar-refractivity contribution in [3.05, 3.63) is 65.0 Å². The Morgan fingerprint density at radius 1 is 1.07 bits per heavy atom. The second kappa shape index (κ2) is 7.92. The van der Waals surface area contributed by atoms with E-state index in [1.165, 1.54) is 29.9 Å². The molecule has 1 aliphatic heterocycles. The van der Waals surface area contributed by atoms with Gasteiger partial charge in [-0.2, -0.15) is 0 Å². The van der Waals surface area contributed by atoms with E-state index in [4.69, 9.17) is 0 Å². The summed E-state index contributed by atoms with van der Waals surface area (Å²) in [5.41, 5.74) is 5.44. The number of carbonyl (C=O) groups excluding carboxylic acids is 1. The molecule has 5 heteroatoms. The van der Waals surface area contributed by atoms with Crippen LogP contribution in [-0.4, -0.2) is 24.0 Å². The van der Waals surface area contributed by atoms with Gasteiger partial charge in [-0.25, -0.2) is 4.98 Å². The van der Waals surface area contributed by atoms with Gasteiger partial charge >= 0.3 is 0 Å². The number of anilines is 2. The average Bonchev–Trinajstić information content (AvgIpc) is 3.20. The first-order valence-electron chi connectivity index (χ1n) is 9.36. The first kappa shape index (κ1) is 17.7. The van der Waals surface area contributed by atoms with E-state index in [1.54, 1.807) is 5.51 Å². The zero-order valence-electron chi connectivity index (χ0n) is 15.4. The summed E-state index contributed by atoms with van der Waals surface area (Å²) < 4.78 is 0. The molecule has 0 atom stereocenters. The lowest BCUT2D eigenvalue weighted by atomic mass is 9.99. The number of thiazole rings is 1. The van der Waals surface area contributed by atoms with Crippen molar-refractivity contribution in [3.63, 3.8) is 0 Å². The molecule has 0 radical (unpaired) electrons. The molecule has 3 aromatic rings. The van der Waals surface area contributed by atoms with Gasteiger partial charge in [0.05, 0.1) is 11.2 Å². The van der Waals surface area contributed by atoms with E-state index in [2.05, 4.69) is 34.3 Å². The zero-order chi connectivity index (χ0) is 18.6. The summed E-state index contributed by atoms with van der Waals surface area (Å²) in [6.45, 7) is 4.53. The Bertz CT molecular complexity index is 897. The third kappa shape index (κ3) is 4.03. The maximum atomic E-state index is 12.7. The summed E-state index contributed by atoms with van der Waals surface area (Å²) in [6.07, 6.45) is 2.48. The largest absolute Gasteiger partial charge is 0.372 e.